The molecule has 0 saturated heterocycles. The van der Waals surface area contributed by atoms with Crippen LogP contribution in [0.4, 0.5) is 0 Å². The van der Waals surface area contributed by atoms with E-state index in [0.29, 0.717) is 16.5 Å². The molecule has 0 aliphatic carbocycles. The van der Waals surface area contributed by atoms with Crippen LogP contribution in [0.25, 0.3) is 16.7 Å². The van der Waals surface area contributed by atoms with E-state index in [1.807, 2.05) is 30.3 Å². The number of hydrogen-bond acceptors (Lipinski definition) is 3. The molecule has 0 aliphatic rings. The molecule has 118 valence electrons. The van der Waals surface area contributed by atoms with Crippen LogP contribution in [0.3, 0.4) is 0 Å². The summed E-state index contributed by atoms with van der Waals surface area (Å²) in [6.07, 6.45) is 0.753. The fourth-order valence-corrected chi connectivity index (χ4v) is 2.74. The van der Waals surface area contributed by atoms with Crippen molar-refractivity contribution < 1.29 is 4.79 Å². The first-order chi connectivity index (χ1) is 11.0. The number of rotatable bonds is 4. The lowest BCUT2D eigenvalue weighted by Gasteiger charge is -2.05. The summed E-state index contributed by atoms with van der Waals surface area (Å²) in [7, 11) is 0. The first-order valence-electron chi connectivity index (χ1n) is 7.40. The maximum Gasteiger partial charge on any atom is 0.267 e. The average molecular weight is 329 g/mol. The maximum absolute atomic E-state index is 11.4. The molecule has 0 saturated carbocycles. The summed E-state index contributed by atoms with van der Waals surface area (Å²) < 4.78 is 1.77. The summed E-state index contributed by atoms with van der Waals surface area (Å²) in [4.78, 5) is 15.8. The van der Waals surface area contributed by atoms with Crippen LogP contribution in [-0.2, 0) is 6.42 Å². The molecule has 3 rings (SSSR count). The van der Waals surface area contributed by atoms with Crippen LogP contribution in [0.5, 0.6) is 0 Å². The maximum atomic E-state index is 11.4. The number of para-hydroxylation sites is 1. The predicted octanol–water partition coefficient (Wildman–Crippen LogP) is 3.37. The van der Waals surface area contributed by atoms with Gasteiger partial charge in [-0.05, 0) is 36.6 Å². The first kappa shape index (κ1) is 15.5. The minimum Gasteiger partial charge on any atom is -0.364 e. The molecule has 0 fully saturated rings. The molecule has 0 spiro atoms. The van der Waals surface area contributed by atoms with Gasteiger partial charge < -0.3 is 5.73 Å². The third-order valence-corrected chi connectivity index (χ3v) is 3.85. The molecule has 0 aliphatic heterocycles. The topological polar surface area (TPSA) is 73.8 Å². The summed E-state index contributed by atoms with van der Waals surface area (Å²) in [6.45, 7) is 4.22. The molecule has 0 unspecified atom stereocenters. The number of halogens is 1. The highest BCUT2D eigenvalue weighted by atomic mass is 35.5. The lowest BCUT2D eigenvalue weighted by Crippen LogP contribution is -2.13. The second-order valence-corrected chi connectivity index (χ2v) is 6.24. The number of hydrogen-bond donors (Lipinski definition) is 1. The van der Waals surface area contributed by atoms with Crippen molar-refractivity contribution in [1.82, 2.24) is 14.8 Å². The standard InChI is InChI=1S/C17H17ClN4O/c1-10(2)9-13-16-15(8-7-12(20-16)17(19)23)22(21-13)14-6-4-3-5-11(14)18/h3-8,10H,9H2,1-2H3,(H2,19,23). The summed E-state index contributed by atoms with van der Waals surface area (Å²) in [5.74, 6) is -0.139. The van der Waals surface area contributed by atoms with Gasteiger partial charge in [-0.25, -0.2) is 9.67 Å². The summed E-state index contributed by atoms with van der Waals surface area (Å²) in [5, 5.41) is 5.28. The number of aromatic nitrogens is 3. The fourth-order valence-electron chi connectivity index (χ4n) is 2.53. The zero-order chi connectivity index (χ0) is 16.6. The summed E-state index contributed by atoms with van der Waals surface area (Å²) in [5.41, 5.74) is 8.69. The van der Waals surface area contributed by atoms with E-state index >= 15 is 0 Å². The van der Waals surface area contributed by atoms with E-state index < -0.39 is 5.91 Å². The molecule has 2 aromatic heterocycles. The Labute approximate surface area is 139 Å². The molecule has 6 heteroatoms. The van der Waals surface area contributed by atoms with Gasteiger partial charge >= 0.3 is 0 Å². The van der Waals surface area contributed by atoms with Crippen LogP contribution in [0.2, 0.25) is 5.02 Å². The Kier molecular flexibility index (Phi) is 4.05. The molecular formula is C17H17ClN4O. The third-order valence-electron chi connectivity index (χ3n) is 3.53. The van der Waals surface area contributed by atoms with Crippen LogP contribution < -0.4 is 5.73 Å². The van der Waals surface area contributed by atoms with Gasteiger partial charge in [0.05, 0.1) is 21.9 Å². The highest BCUT2D eigenvalue weighted by Gasteiger charge is 2.17. The van der Waals surface area contributed by atoms with E-state index in [2.05, 4.69) is 23.9 Å². The monoisotopic (exact) mass is 328 g/mol. The van der Waals surface area contributed by atoms with E-state index in [4.69, 9.17) is 17.3 Å². The van der Waals surface area contributed by atoms with E-state index in [0.717, 1.165) is 23.3 Å². The first-order valence-corrected chi connectivity index (χ1v) is 7.78. The minimum absolute atomic E-state index is 0.237. The van der Waals surface area contributed by atoms with E-state index in [1.54, 1.807) is 10.7 Å². The van der Waals surface area contributed by atoms with Gasteiger partial charge in [-0.3, -0.25) is 4.79 Å². The number of primary amides is 1. The van der Waals surface area contributed by atoms with Crippen LogP contribution >= 0.6 is 11.6 Å². The molecule has 23 heavy (non-hydrogen) atoms. The van der Waals surface area contributed by atoms with E-state index in [-0.39, 0.29) is 5.69 Å². The average Bonchev–Trinajstić information content (AvgIpc) is 2.85. The Hall–Kier alpha value is -2.40. The summed E-state index contributed by atoms with van der Waals surface area (Å²) in [6, 6.07) is 10.9. The predicted molar refractivity (Wildman–Crippen MR) is 90.9 cm³/mol. The van der Waals surface area contributed by atoms with Crippen molar-refractivity contribution in [3.63, 3.8) is 0 Å². The lowest BCUT2D eigenvalue weighted by atomic mass is 10.1. The zero-order valence-corrected chi connectivity index (χ0v) is 13.7. The Morgan fingerprint density at radius 1 is 1.26 bits per heavy atom. The van der Waals surface area contributed by atoms with Gasteiger partial charge in [-0.2, -0.15) is 5.10 Å². The van der Waals surface area contributed by atoms with Crippen molar-refractivity contribution in [1.29, 1.82) is 0 Å². The van der Waals surface area contributed by atoms with Gasteiger partial charge in [0.1, 0.15) is 11.2 Å². The lowest BCUT2D eigenvalue weighted by molar-refractivity contribution is 0.0996. The van der Waals surface area contributed by atoms with Gasteiger partial charge in [0.2, 0.25) is 0 Å². The number of benzene rings is 1. The van der Waals surface area contributed by atoms with Crippen molar-refractivity contribution in [2.75, 3.05) is 0 Å². The molecule has 0 bridgehead atoms. The molecule has 0 atom stereocenters. The number of nitrogens with two attached hydrogens (primary N) is 1. The SMILES string of the molecule is CC(C)Cc1nn(-c2ccccc2Cl)c2ccc(C(N)=O)nc12. The van der Waals surface area contributed by atoms with Gasteiger partial charge in [-0.15, -0.1) is 0 Å². The molecule has 2 heterocycles. The largest absolute Gasteiger partial charge is 0.364 e. The Morgan fingerprint density at radius 3 is 2.65 bits per heavy atom. The van der Waals surface area contributed by atoms with Gasteiger partial charge in [0.15, 0.2) is 0 Å². The van der Waals surface area contributed by atoms with Crippen molar-refractivity contribution in [2.45, 2.75) is 20.3 Å². The Bertz CT molecular complexity index is 885. The summed E-state index contributed by atoms with van der Waals surface area (Å²) >= 11 is 6.30. The van der Waals surface area contributed by atoms with Crippen LogP contribution in [0.1, 0.15) is 30.0 Å². The number of nitrogens with zero attached hydrogens (tertiary/aromatic N) is 3. The fraction of sp³-hybridized carbons (Fsp3) is 0.235. The number of carbonyl (C=O) groups excluding carboxylic acids is 1. The number of amides is 1. The molecule has 1 amide bonds. The smallest absolute Gasteiger partial charge is 0.267 e. The van der Waals surface area contributed by atoms with Crippen LogP contribution in [-0.4, -0.2) is 20.7 Å². The number of carbonyl (C=O) groups is 1. The molecule has 2 N–H and O–H groups in total. The van der Waals surface area contributed by atoms with Crippen molar-refractivity contribution in [3.05, 3.63) is 52.8 Å². The van der Waals surface area contributed by atoms with Gasteiger partial charge in [-0.1, -0.05) is 37.6 Å². The second kappa shape index (κ2) is 6.01. The van der Waals surface area contributed by atoms with Crippen molar-refractivity contribution >= 4 is 28.5 Å². The van der Waals surface area contributed by atoms with Crippen LogP contribution in [0, 0.1) is 5.92 Å². The number of fused-ring (bicyclic) bond motifs is 1. The second-order valence-electron chi connectivity index (χ2n) is 5.84. The van der Waals surface area contributed by atoms with Crippen molar-refractivity contribution in [3.8, 4) is 5.69 Å². The molecule has 1 aromatic carbocycles. The molecule has 3 aromatic rings. The van der Waals surface area contributed by atoms with Crippen LogP contribution in [0.15, 0.2) is 36.4 Å². The van der Waals surface area contributed by atoms with Crippen molar-refractivity contribution in [2.24, 2.45) is 11.7 Å². The number of pyridine rings is 1. The van der Waals surface area contributed by atoms with Gasteiger partial charge in [0.25, 0.3) is 5.91 Å². The normalized spacial score (nSPS) is 11.3. The zero-order valence-electron chi connectivity index (χ0n) is 13.0. The highest BCUT2D eigenvalue weighted by Crippen LogP contribution is 2.26. The van der Waals surface area contributed by atoms with E-state index in [1.165, 1.54) is 0 Å². The molecule has 0 radical (unpaired) electrons. The van der Waals surface area contributed by atoms with Gasteiger partial charge in [0, 0.05) is 0 Å². The molecular weight excluding hydrogens is 312 g/mol. The third kappa shape index (κ3) is 2.92. The quantitative estimate of drug-likeness (QED) is 0.798. The minimum atomic E-state index is -0.548. The Balaban J connectivity index is 2.27. The highest BCUT2D eigenvalue weighted by molar-refractivity contribution is 6.32. The van der Waals surface area contributed by atoms with E-state index in [9.17, 15) is 4.79 Å². The molecule has 5 nitrogen and oxygen atoms in total. The Morgan fingerprint density at radius 2 is 2.00 bits per heavy atom.